The van der Waals surface area contributed by atoms with Crippen molar-refractivity contribution in [2.45, 2.75) is 37.5 Å². The highest BCUT2D eigenvalue weighted by Crippen LogP contribution is 2.46. The van der Waals surface area contributed by atoms with Crippen molar-refractivity contribution in [2.75, 3.05) is 50.7 Å². The number of nitrogens with one attached hydrogen (secondary N) is 1. The third-order valence-corrected chi connectivity index (χ3v) is 8.70. The zero-order chi connectivity index (χ0) is 23.5. The lowest BCUT2D eigenvalue weighted by atomic mass is 9.69. The van der Waals surface area contributed by atoms with Crippen molar-refractivity contribution in [1.29, 1.82) is 0 Å². The van der Waals surface area contributed by atoms with Gasteiger partial charge in [-0.2, -0.15) is 0 Å². The van der Waals surface area contributed by atoms with Crippen LogP contribution in [0.5, 0.6) is 0 Å². The summed E-state index contributed by atoms with van der Waals surface area (Å²) in [6.45, 7) is 8.41. The van der Waals surface area contributed by atoms with Gasteiger partial charge in [-0.15, -0.1) is 0 Å². The maximum atomic E-state index is 3.48. The van der Waals surface area contributed by atoms with Gasteiger partial charge in [-0.3, -0.25) is 0 Å². The van der Waals surface area contributed by atoms with E-state index in [9.17, 15) is 0 Å². The monoisotopic (exact) mass is 465 g/mol. The first-order valence-electron chi connectivity index (χ1n) is 13.8. The van der Waals surface area contributed by atoms with Crippen molar-refractivity contribution < 1.29 is 0 Å². The van der Waals surface area contributed by atoms with E-state index in [-0.39, 0.29) is 0 Å². The Morgan fingerprint density at radius 1 is 0.686 bits per heavy atom. The average Bonchev–Trinajstić information content (AvgIpc) is 2.94. The molecular weight excluding hydrogens is 426 g/mol. The van der Waals surface area contributed by atoms with Crippen molar-refractivity contribution in [3.63, 3.8) is 0 Å². The van der Waals surface area contributed by atoms with Crippen LogP contribution in [-0.4, -0.2) is 50.7 Å². The van der Waals surface area contributed by atoms with Gasteiger partial charge in [0.25, 0.3) is 0 Å². The van der Waals surface area contributed by atoms with Gasteiger partial charge >= 0.3 is 0 Å². The molecule has 0 radical (unpaired) electrons. The van der Waals surface area contributed by atoms with Crippen LogP contribution in [0.2, 0.25) is 0 Å². The number of hydrogen-bond donors (Lipinski definition) is 1. The summed E-state index contributed by atoms with van der Waals surface area (Å²) in [5, 5.41) is 3.48. The van der Waals surface area contributed by atoms with Crippen molar-refractivity contribution in [2.24, 2.45) is 5.92 Å². The van der Waals surface area contributed by atoms with Crippen molar-refractivity contribution in [3.8, 4) is 0 Å². The van der Waals surface area contributed by atoms with E-state index in [1.165, 1.54) is 86.3 Å². The molecular formula is C32H39N3. The number of aryl methyl sites for hydroxylation is 1. The molecule has 1 N–H and O–H groups in total. The van der Waals surface area contributed by atoms with Gasteiger partial charge in [0.15, 0.2) is 0 Å². The Kier molecular flexibility index (Phi) is 6.88. The SMILES string of the molecule is c1ccc(C2CCc3ccccc3C2c2ccc(N3CCC(CN4CCNCC4)CC3)cc2)cc1. The van der Waals surface area contributed by atoms with Crippen LogP contribution in [0.25, 0.3) is 0 Å². The topological polar surface area (TPSA) is 18.5 Å². The van der Waals surface area contributed by atoms with Crippen LogP contribution in [0.3, 0.4) is 0 Å². The fourth-order valence-electron chi connectivity index (χ4n) is 6.76. The zero-order valence-electron chi connectivity index (χ0n) is 20.9. The molecule has 0 spiro atoms. The van der Waals surface area contributed by atoms with Crippen LogP contribution >= 0.6 is 0 Å². The second-order valence-corrected chi connectivity index (χ2v) is 10.8. The second-order valence-electron chi connectivity index (χ2n) is 10.8. The molecule has 2 fully saturated rings. The van der Waals surface area contributed by atoms with Gasteiger partial charge in [0.1, 0.15) is 0 Å². The summed E-state index contributed by atoms with van der Waals surface area (Å²) in [6, 6.07) is 29.9. The minimum Gasteiger partial charge on any atom is -0.372 e. The molecule has 0 amide bonds. The zero-order valence-corrected chi connectivity index (χ0v) is 20.9. The molecule has 2 heterocycles. The van der Waals surface area contributed by atoms with Gasteiger partial charge in [0.2, 0.25) is 0 Å². The molecule has 6 rings (SSSR count). The van der Waals surface area contributed by atoms with Crippen molar-refractivity contribution in [3.05, 3.63) is 101 Å². The third kappa shape index (κ3) is 5.03. The Morgan fingerprint density at radius 3 is 2.17 bits per heavy atom. The first-order chi connectivity index (χ1) is 17.3. The first kappa shape index (κ1) is 22.8. The van der Waals surface area contributed by atoms with Gasteiger partial charge in [-0.05, 0) is 71.9 Å². The average molecular weight is 466 g/mol. The Morgan fingerprint density at radius 2 is 1.40 bits per heavy atom. The fourth-order valence-corrected chi connectivity index (χ4v) is 6.76. The van der Waals surface area contributed by atoms with E-state index in [2.05, 4.69) is 94.0 Å². The molecule has 3 aliphatic rings. The largest absolute Gasteiger partial charge is 0.372 e. The highest BCUT2D eigenvalue weighted by atomic mass is 15.2. The lowest BCUT2D eigenvalue weighted by molar-refractivity contribution is 0.190. The molecule has 0 aromatic heterocycles. The van der Waals surface area contributed by atoms with E-state index in [0.29, 0.717) is 11.8 Å². The molecule has 2 saturated heterocycles. The molecule has 0 bridgehead atoms. The minimum absolute atomic E-state index is 0.432. The number of nitrogens with zero attached hydrogens (tertiary/aromatic N) is 2. The number of piperidine rings is 1. The first-order valence-corrected chi connectivity index (χ1v) is 13.8. The number of fused-ring (bicyclic) bond motifs is 1. The van der Waals surface area contributed by atoms with Crippen molar-refractivity contribution in [1.82, 2.24) is 10.2 Å². The molecule has 3 aromatic rings. The number of hydrogen-bond acceptors (Lipinski definition) is 3. The van der Waals surface area contributed by atoms with Gasteiger partial charge in [0.05, 0.1) is 0 Å². The highest BCUT2D eigenvalue weighted by Gasteiger charge is 2.32. The smallest absolute Gasteiger partial charge is 0.0366 e. The summed E-state index contributed by atoms with van der Waals surface area (Å²) in [6.07, 6.45) is 5.02. The number of benzene rings is 3. The fraction of sp³-hybridized carbons (Fsp3) is 0.438. The molecule has 2 atom stereocenters. The molecule has 2 aliphatic heterocycles. The predicted molar refractivity (Wildman–Crippen MR) is 146 cm³/mol. The van der Waals surface area contributed by atoms with E-state index in [0.717, 1.165) is 19.0 Å². The van der Waals surface area contributed by atoms with Gasteiger partial charge < -0.3 is 15.1 Å². The number of rotatable bonds is 5. The Labute approximate surface area is 211 Å². The summed E-state index contributed by atoms with van der Waals surface area (Å²) >= 11 is 0. The van der Waals surface area contributed by atoms with E-state index in [1.54, 1.807) is 0 Å². The van der Waals surface area contributed by atoms with E-state index in [1.807, 2.05) is 0 Å². The van der Waals surface area contributed by atoms with Gasteiger partial charge in [-0.25, -0.2) is 0 Å². The van der Waals surface area contributed by atoms with Gasteiger partial charge in [0, 0.05) is 57.4 Å². The van der Waals surface area contributed by atoms with Crippen LogP contribution in [0, 0.1) is 5.92 Å². The van der Waals surface area contributed by atoms with E-state index >= 15 is 0 Å². The van der Waals surface area contributed by atoms with E-state index in [4.69, 9.17) is 0 Å². The van der Waals surface area contributed by atoms with Crippen molar-refractivity contribution >= 4 is 5.69 Å². The standard InChI is InChI=1S/C32H39N3/c1-2-6-26(7-3-1)31-15-12-27-8-4-5-9-30(27)32(31)28-10-13-29(14-11-28)35-20-16-25(17-21-35)24-34-22-18-33-19-23-34/h1-11,13-14,25,31-33H,12,15-24H2. The molecule has 0 saturated carbocycles. The molecule has 3 heteroatoms. The minimum atomic E-state index is 0.432. The lowest BCUT2D eigenvalue weighted by Crippen LogP contribution is -2.46. The molecule has 3 nitrogen and oxygen atoms in total. The second kappa shape index (κ2) is 10.6. The van der Waals surface area contributed by atoms with Crippen LogP contribution in [-0.2, 0) is 6.42 Å². The number of anilines is 1. The predicted octanol–water partition coefficient (Wildman–Crippen LogP) is 5.67. The highest BCUT2D eigenvalue weighted by molar-refractivity contribution is 5.52. The maximum absolute atomic E-state index is 3.48. The maximum Gasteiger partial charge on any atom is 0.0366 e. The number of piperazine rings is 1. The Balaban J connectivity index is 1.17. The molecule has 3 aromatic carbocycles. The third-order valence-electron chi connectivity index (χ3n) is 8.70. The Hall–Kier alpha value is -2.62. The summed E-state index contributed by atoms with van der Waals surface area (Å²) in [7, 11) is 0. The summed E-state index contributed by atoms with van der Waals surface area (Å²) < 4.78 is 0. The normalized spacial score (nSPS) is 23.7. The van der Waals surface area contributed by atoms with Crippen LogP contribution in [0.1, 0.15) is 53.4 Å². The van der Waals surface area contributed by atoms with Crippen LogP contribution < -0.4 is 10.2 Å². The summed E-state index contributed by atoms with van der Waals surface area (Å²) in [4.78, 5) is 5.28. The van der Waals surface area contributed by atoms with Crippen LogP contribution in [0.15, 0.2) is 78.9 Å². The Bertz CT molecular complexity index is 1080. The quantitative estimate of drug-likeness (QED) is 0.524. The summed E-state index contributed by atoms with van der Waals surface area (Å²) in [5.74, 6) is 1.83. The van der Waals surface area contributed by atoms with Gasteiger partial charge in [-0.1, -0.05) is 66.7 Å². The molecule has 35 heavy (non-hydrogen) atoms. The summed E-state index contributed by atoms with van der Waals surface area (Å²) in [5.41, 5.74) is 7.38. The van der Waals surface area contributed by atoms with Crippen LogP contribution in [0.4, 0.5) is 5.69 Å². The molecule has 1 aliphatic carbocycles. The molecule has 182 valence electrons. The lowest BCUT2D eigenvalue weighted by Gasteiger charge is -2.37. The van der Waals surface area contributed by atoms with E-state index < -0.39 is 0 Å². The molecule has 2 unspecified atom stereocenters.